The Hall–Kier alpha value is -2.11. The Morgan fingerprint density at radius 2 is 2.09 bits per heavy atom. The van der Waals surface area contributed by atoms with Gasteiger partial charge in [0.15, 0.2) is 0 Å². The molecular weight excluding hydrogens is 284 g/mol. The molecule has 1 aromatic carbocycles. The lowest BCUT2D eigenvalue weighted by Crippen LogP contribution is -2.39. The van der Waals surface area contributed by atoms with E-state index < -0.39 is 4.92 Å². The Balaban J connectivity index is 1.78. The molecule has 2 aliphatic rings. The lowest BCUT2D eigenvalue weighted by Gasteiger charge is -2.31. The molecule has 1 aliphatic carbocycles. The minimum atomic E-state index is -0.446. The summed E-state index contributed by atoms with van der Waals surface area (Å²) in [6.07, 6.45) is 6.40. The van der Waals surface area contributed by atoms with Crippen molar-refractivity contribution < 1.29 is 14.5 Å². The highest BCUT2D eigenvalue weighted by molar-refractivity contribution is 5.95. The quantitative estimate of drug-likeness (QED) is 0.634. The molecule has 0 aromatic heterocycles. The number of carbonyl (C=O) groups excluding carboxylic acids is 1. The summed E-state index contributed by atoms with van der Waals surface area (Å²) in [6, 6.07) is 4.43. The van der Waals surface area contributed by atoms with Crippen molar-refractivity contribution in [3.8, 4) is 5.75 Å². The lowest BCUT2D eigenvalue weighted by atomic mass is 9.86. The maximum absolute atomic E-state index is 12.6. The second-order valence-electron chi connectivity index (χ2n) is 6.01. The first-order valence-corrected chi connectivity index (χ1v) is 7.87. The van der Waals surface area contributed by atoms with Crippen LogP contribution in [0.5, 0.6) is 5.75 Å². The second kappa shape index (κ2) is 6.34. The van der Waals surface area contributed by atoms with Gasteiger partial charge < -0.3 is 9.64 Å². The van der Waals surface area contributed by atoms with Crippen molar-refractivity contribution in [3.05, 3.63) is 28.3 Å². The van der Waals surface area contributed by atoms with Crippen LogP contribution in [0.1, 0.15) is 38.5 Å². The molecule has 22 heavy (non-hydrogen) atoms. The minimum absolute atomic E-state index is 0.0142. The highest BCUT2D eigenvalue weighted by Gasteiger charge is 2.28. The summed E-state index contributed by atoms with van der Waals surface area (Å²) in [4.78, 5) is 24.8. The average molecular weight is 304 g/mol. The summed E-state index contributed by atoms with van der Waals surface area (Å²) in [7, 11) is 0. The number of ether oxygens (including phenoxy) is 1. The van der Waals surface area contributed by atoms with Crippen molar-refractivity contribution in [1.82, 2.24) is 0 Å². The van der Waals surface area contributed by atoms with E-state index in [1.54, 1.807) is 11.0 Å². The molecule has 1 fully saturated rings. The summed E-state index contributed by atoms with van der Waals surface area (Å²) < 4.78 is 5.51. The highest BCUT2D eigenvalue weighted by Crippen LogP contribution is 2.36. The van der Waals surface area contributed by atoms with Crippen molar-refractivity contribution in [2.75, 3.05) is 18.1 Å². The highest BCUT2D eigenvalue weighted by atomic mass is 16.6. The van der Waals surface area contributed by atoms with E-state index in [1.165, 1.54) is 31.4 Å². The van der Waals surface area contributed by atoms with Gasteiger partial charge in [0.1, 0.15) is 12.4 Å². The molecule has 118 valence electrons. The van der Waals surface area contributed by atoms with Crippen molar-refractivity contribution in [3.63, 3.8) is 0 Å². The van der Waals surface area contributed by atoms with Crippen LogP contribution in [0.2, 0.25) is 0 Å². The van der Waals surface area contributed by atoms with Crippen LogP contribution in [0.4, 0.5) is 11.4 Å². The van der Waals surface area contributed by atoms with Crippen molar-refractivity contribution in [1.29, 1.82) is 0 Å². The number of rotatable bonds is 3. The van der Waals surface area contributed by atoms with Crippen LogP contribution in [0, 0.1) is 16.0 Å². The third kappa shape index (κ3) is 3.05. The van der Waals surface area contributed by atoms with Gasteiger partial charge in [-0.25, -0.2) is 0 Å². The number of nitrogens with zero attached hydrogens (tertiary/aromatic N) is 2. The third-order valence-corrected chi connectivity index (χ3v) is 4.51. The number of nitro benzene ring substituents is 1. The molecule has 6 nitrogen and oxygen atoms in total. The topological polar surface area (TPSA) is 72.7 Å². The van der Waals surface area contributed by atoms with Crippen LogP contribution in [-0.2, 0) is 4.79 Å². The summed E-state index contributed by atoms with van der Waals surface area (Å²) in [6.45, 7) is 0.890. The number of nitro groups is 1. The maximum atomic E-state index is 12.6. The molecule has 0 atom stereocenters. The van der Waals surface area contributed by atoms with Crippen molar-refractivity contribution in [2.24, 2.45) is 5.92 Å². The molecule has 3 rings (SSSR count). The Bertz CT molecular complexity index is 582. The molecule has 0 radical (unpaired) electrons. The Kier molecular flexibility index (Phi) is 4.27. The van der Waals surface area contributed by atoms with Gasteiger partial charge in [-0.15, -0.1) is 0 Å². The number of non-ortho nitro benzene ring substituents is 1. The van der Waals surface area contributed by atoms with Crippen LogP contribution in [0.25, 0.3) is 0 Å². The standard InChI is InChI=1S/C16H20N2O4/c19-16(10-12-4-2-1-3-5-12)17-8-9-22-15-7-6-13(18(20)21)11-14(15)17/h6-7,11-12H,1-5,8-10H2. The fourth-order valence-corrected chi connectivity index (χ4v) is 3.33. The van der Waals surface area contributed by atoms with Crippen molar-refractivity contribution in [2.45, 2.75) is 38.5 Å². The normalized spacial score (nSPS) is 18.5. The van der Waals surface area contributed by atoms with E-state index in [1.807, 2.05) is 0 Å². The van der Waals surface area contributed by atoms with Crippen LogP contribution in [0.3, 0.4) is 0 Å². The fourth-order valence-electron chi connectivity index (χ4n) is 3.33. The number of hydrogen-bond acceptors (Lipinski definition) is 4. The van der Waals surface area contributed by atoms with Gasteiger partial charge in [0, 0.05) is 18.6 Å². The van der Waals surface area contributed by atoms with Crippen molar-refractivity contribution >= 4 is 17.3 Å². The summed E-state index contributed by atoms with van der Waals surface area (Å²) >= 11 is 0. The van der Waals surface area contributed by atoms with Gasteiger partial charge >= 0.3 is 0 Å². The summed E-state index contributed by atoms with van der Waals surface area (Å²) in [5.74, 6) is 1.05. The molecule has 1 saturated carbocycles. The first-order valence-electron chi connectivity index (χ1n) is 7.87. The van der Waals surface area contributed by atoms with Crippen LogP contribution >= 0.6 is 0 Å². The smallest absolute Gasteiger partial charge is 0.271 e. The van der Waals surface area contributed by atoms with Gasteiger partial charge in [0.05, 0.1) is 17.2 Å². The third-order valence-electron chi connectivity index (χ3n) is 4.51. The molecule has 1 heterocycles. The monoisotopic (exact) mass is 304 g/mol. The second-order valence-corrected chi connectivity index (χ2v) is 6.01. The summed E-state index contributed by atoms with van der Waals surface area (Å²) in [5.41, 5.74) is 0.515. The zero-order valence-corrected chi connectivity index (χ0v) is 12.5. The van der Waals surface area contributed by atoms with E-state index in [0.717, 1.165) is 12.8 Å². The molecule has 0 unspecified atom stereocenters. The van der Waals surface area contributed by atoms with E-state index in [9.17, 15) is 14.9 Å². The Morgan fingerprint density at radius 3 is 2.82 bits per heavy atom. The fraction of sp³-hybridized carbons (Fsp3) is 0.562. The molecule has 0 bridgehead atoms. The largest absolute Gasteiger partial charge is 0.490 e. The first-order chi connectivity index (χ1) is 10.6. The number of amides is 1. The van der Waals surface area contributed by atoms with Crippen LogP contribution in [0.15, 0.2) is 18.2 Å². The molecule has 1 aromatic rings. The van der Waals surface area contributed by atoms with Gasteiger partial charge in [-0.3, -0.25) is 14.9 Å². The maximum Gasteiger partial charge on any atom is 0.271 e. The molecule has 1 amide bonds. The number of benzene rings is 1. The number of carbonyl (C=O) groups is 1. The van der Waals surface area contributed by atoms with Gasteiger partial charge in [-0.2, -0.15) is 0 Å². The lowest BCUT2D eigenvalue weighted by molar-refractivity contribution is -0.384. The number of fused-ring (bicyclic) bond motifs is 1. The summed E-state index contributed by atoms with van der Waals surface area (Å²) in [5, 5.41) is 10.9. The number of hydrogen-bond donors (Lipinski definition) is 0. The van der Waals surface area contributed by atoms with E-state index in [4.69, 9.17) is 4.74 Å². The minimum Gasteiger partial charge on any atom is -0.490 e. The van der Waals surface area contributed by atoms with Crippen LogP contribution in [-0.4, -0.2) is 24.0 Å². The number of anilines is 1. The SMILES string of the molecule is O=C(CC1CCCCC1)N1CCOc2ccc([N+](=O)[O-])cc21. The van der Waals surface area contributed by atoms with Gasteiger partial charge in [0.25, 0.3) is 5.69 Å². The van der Waals surface area contributed by atoms with E-state index >= 15 is 0 Å². The molecular formula is C16H20N2O4. The molecule has 0 spiro atoms. The zero-order chi connectivity index (χ0) is 15.5. The van der Waals surface area contributed by atoms with E-state index in [-0.39, 0.29) is 11.6 Å². The first kappa shape index (κ1) is 14.8. The Morgan fingerprint density at radius 1 is 1.32 bits per heavy atom. The molecule has 1 aliphatic heterocycles. The average Bonchev–Trinajstić information content (AvgIpc) is 2.54. The molecule has 6 heteroatoms. The van der Waals surface area contributed by atoms with Gasteiger partial charge in [-0.1, -0.05) is 19.3 Å². The van der Waals surface area contributed by atoms with Crippen LogP contribution < -0.4 is 9.64 Å². The Labute approximate surface area is 129 Å². The molecule has 0 N–H and O–H groups in total. The van der Waals surface area contributed by atoms with E-state index in [2.05, 4.69) is 0 Å². The van der Waals surface area contributed by atoms with Gasteiger partial charge in [-0.05, 0) is 24.8 Å². The predicted molar refractivity (Wildman–Crippen MR) is 82.1 cm³/mol. The molecule has 0 saturated heterocycles. The zero-order valence-electron chi connectivity index (χ0n) is 12.5. The van der Waals surface area contributed by atoms with Gasteiger partial charge in [0.2, 0.25) is 5.91 Å². The van der Waals surface area contributed by atoms with E-state index in [0.29, 0.717) is 36.9 Å². The predicted octanol–water partition coefficient (Wildman–Crippen LogP) is 3.29.